The fraction of sp³-hybridized carbons (Fsp3) is 0.553. The smallest absolute Gasteiger partial charge is 0.408 e. The monoisotopic (exact) mass is 885 g/mol. The van der Waals surface area contributed by atoms with Crippen LogP contribution in [-0.2, 0) is 29.1 Å². The summed E-state index contributed by atoms with van der Waals surface area (Å²) in [6.45, 7) is 5.52. The van der Waals surface area contributed by atoms with Crippen molar-refractivity contribution in [2.24, 2.45) is 29.6 Å². The Balaban J connectivity index is 1.05. The number of nitrogens with zero attached hydrogens (tertiary/aromatic N) is 2. The molecule has 4 amide bonds. The van der Waals surface area contributed by atoms with E-state index in [0.29, 0.717) is 59.9 Å². The second kappa shape index (κ2) is 16.4. The van der Waals surface area contributed by atoms with E-state index in [1.807, 2.05) is 31.2 Å². The van der Waals surface area contributed by atoms with Gasteiger partial charge in [0, 0.05) is 23.3 Å². The van der Waals surface area contributed by atoms with Gasteiger partial charge < -0.3 is 29.7 Å². The van der Waals surface area contributed by atoms with Crippen LogP contribution < -0.4 is 24.8 Å². The molecule has 1 saturated heterocycles. The number of ether oxygens (including phenoxy) is 3. The molecule has 16 heteroatoms. The lowest BCUT2D eigenvalue weighted by Crippen LogP contribution is -2.59. The molecule has 2 aliphatic heterocycles. The molecule has 5 fully saturated rings. The summed E-state index contributed by atoms with van der Waals surface area (Å²) in [5, 5.41) is 7.19. The third kappa shape index (κ3) is 8.71. The minimum atomic E-state index is -4.03. The molecule has 2 aromatic carbocycles. The SMILES string of the molecule is COc1ccc2c(O[C@@H]3C[C@H]4C(=O)N[C@]5(C(=O)NS(=O)(=O)C6(C)CC6)CC5/C=C\CC[C@H](C)C[C@@H](C)[C@H](NC(=O)O[C@@H]5C[C@@H]6C[C@@H]6C5)C(=O)N4C3)nc(-c3ccc(F)cc3)cc2c1. The van der Waals surface area contributed by atoms with E-state index in [0.717, 1.165) is 31.1 Å². The molecule has 0 spiro atoms. The van der Waals surface area contributed by atoms with Crippen molar-refractivity contribution in [3.05, 3.63) is 66.5 Å². The lowest BCUT2D eigenvalue weighted by molar-refractivity contribution is -0.142. The number of sulfonamides is 1. The number of rotatable bonds is 9. The van der Waals surface area contributed by atoms with Crippen molar-refractivity contribution in [2.75, 3.05) is 13.7 Å². The molecule has 10 atom stereocenters. The first-order valence-corrected chi connectivity index (χ1v) is 23.8. The first kappa shape index (κ1) is 43.0. The average molecular weight is 886 g/mol. The van der Waals surface area contributed by atoms with Crippen LogP contribution in [0.5, 0.6) is 11.6 Å². The third-order valence-electron chi connectivity index (χ3n) is 14.4. The van der Waals surface area contributed by atoms with Gasteiger partial charge >= 0.3 is 6.09 Å². The molecule has 4 saturated carbocycles. The van der Waals surface area contributed by atoms with Crippen molar-refractivity contribution in [1.82, 2.24) is 25.2 Å². The largest absolute Gasteiger partial charge is 0.497 e. The Morgan fingerprint density at radius 3 is 2.43 bits per heavy atom. The molecule has 3 N–H and O–H groups in total. The summed E-state index contributed by atoms with van der Waals surface area (Å²) in [5.74, 6) is -1.11. The fourth-order valence-corrected chi connectivity index (χ4v) is 11.3. The van der Waals surface area contributed by atoms with Crippen molar-refractivity contribution >= 4 is 44.6 Å². The van der Waals surface area contributed by atoms with Crippen molar-refractivity contribution in [3.8, 4) is 22.9 Å². The van der Waals surface area contributed by atoms with E-state index in [1.165, 1.54) is 17.0 Å². The average Bonchev–Trinajstić information content (AvgIpc) is 4.21. The Kier molecular flexibility index (Phi) is 11.2. The van der Waals surface area contributed by atoms with Crippen LogP contribution in [0.25, 0.3) is 22.0 Å². The van der Waals surface area contributed by atoms with Gasteiger partial charge in [0.25, 0.3) is 5.91 Å². The predicted molar refractivity (Wildman–Crippen MR) is 231 cm³/mol. The van der Waals surface area contributed by atoms with E-state index in [-0.39, 0.29) is 43.2 Å². The number of nitrogens with one attached hydrogen (secondary N) is 3. The van der Waals surface area contributed by atoms with Crippen LogP contribution in [0.2, 0.25) is 0 Å². The lowest BCUT2D eigenvalue weighted by Gasteiger charge is -2.33. The van der Waals surface area contributed by atoms with E-state index in [4.69, 9.17) is 19.2 Å². The molecule has 0 radical (unpaired) electrons. The van der Waals surface area contributed by atoms with Gasteiger partial charge in [-0.15, -0.1) is 0 Å². The van der Waals surface area contributed by atoms with Gasteiger partial charge in [-0.2, -0.15) is 0 Å². The molecule has 336 valence electrons. The van der Waals surface area contributed by atoms with Crippen LogP contribution >= 0.6 is 0 Å². The van der Waals surface area contributed by atoms with E-state index in [9.17, 15) is 27.2 Å². The number of hydrogen-bond donors (Lipinski definition) is 3. The second-order valence-electron chi connectivity index (χ2n) is 19.2. The zero-order chi connectivity index (χ0) is 44.4. The van der Waals surface area contributed by atoms with E-state index >= 15 is 4.79 Å². The molecule has 6 aliphatic rings. The van der Waals surface area contributed by atoms with Gasteiger partial charge in [0.05, 0.1) is 24.1 Å². The number of pyridine rings is 1. The number of allylic oxidation sites excluding steroid dienone is 1. The number of aromatic nitrogens is 1. The third-order valence-corrected chi connectivity index (χ3v) is 16.6. The Bertz CT molecular complexity index is 2450. The summed E-state index contributed by atoms with van der Waals surface area (Å²) in [7, 11) is -2.48. The molecule has 0 bridgehead atoms. The highest BCUT2D eigenvalue weighted by atomic mass is 32.2. The molecule has 4 aliphatic carbocycles. The van der Waals surface area contributed by atoms with Crippen LogP contribution in [0.3, 0.4) is 0 Å². The van der Waals surface area contributed by atoms with Gasteiger partial charge in [0.2, 0.25) is 27.7 Å². The minimum absolute atomic E-state index is 0.0148. The minimum Gasteiger partial charge on any atom is -0.497 e. The molecule has 1 unspecified atom stereocenters. The van der Waals surface area contributed by atoms with Gasteiger partial charge in [-0.25, -0.2) is 22.6 Å². The first-order chi connectivity index (χ1) is 30.0. The standard InChI is InChI=1S/C47H56FN5O9S/c1-26-7-5-6-8-32-24-47(32,44(56)52-63(58,59)46(3)15-16-46)51-41(54)39-23-36(25-53(39)43(55)40(27(2)17-26)50-45(57)62-35-19-29-18-30(29)20-35)61-42-37-14-13-34(60-4)21-31(37)22-38(49-42)28-9-11-33(48)12-10-28/h6,8-14,21-22,26-27,29-30,32,35-36,39-40H,5,7,15-20,23-25H2,1-4H3,(H,50,57)(H,51,54)(H,52,56)/b8-6-/t26-,27+,29-,30+,32?,35+,36+,39-,40-,47+/m0/s1. The predicted octanol–water partition coefficient (Wildman–Crippen LogP) is 6.18. The molecular formula is C47H56FN5O9S. The summed E-state index contributed by atoms with van der Waals surface area (Å²) >= 11 is 0. The summed E-state index contributed by atoms with van der Waals surface area (Å²) < 4.78 is 59.9. The number of benzene rings is 2. The highest BCUT2D eigenvalue weighted by Gasteiger charge is 2.63. The fourth-order valence-electron chi connectivity index (χ4n) is 10.0. The molecule has 63 heavy (non-hydrogen) atoms. The van der Waals surface area contributed by atoms with Crippen LogP contribution in [0.1, 0.15) is 85.0 Å². The van der Waals surface area contributed by atoms with Crippen molar-refractivity contribution in [1.29, 1.82) is 0 Å². The number of carbonyl (C=O) groups excluding carboxylic acids is 4. The van der Waals surface area contributed by atoms with E-state index in [2.05, 4.69) is 22.3 Å². The molecule has 3 heterocycles. The number of fused-ring (bicyclic) bond motifs is 4. The Labute approximate surface area is 367 Å². The van der Waals surface area contributed by atoms with Gasteiger partial charge in [0.1, 0.15) is 41.4 Å². The van der Waals surface area contributed by atoms with Crippen LogP contribution in [-0.4, -0.2) is 90.3 Å². The van der Waals surface area contributed by atoms with Crippen LogP contribution in [0, 0.1) is 35.4 Å². The first-order valence-electron chi connectivity index (χ1n) is 22.3. The number of amides is 4. The zero-order valence-electron chi connectivity index (χ0n) is 36.1. The highest BCUT2D eigenvalue weighted by Crippen LogP contribution is 2.52. The normalized spacial score (nSPS) is 32.7. The van der Waals surface area contributed by atoms with Crippen molar-refractivity contribution < 1.29 is 46.2 Å². The lowest BCUT2D eigenvalue weighted by atomic mass is 9.88. The Hall–Kier alpha value is -5.25. The highest BCUT2D eigenvalue weighted by molar-refractivity contribution is 7.91. The number of carbonyl (C=O) groups is 4. The number of halogens is 1. The number of hydrogen-bond acceptors (Lipinski definition) is 10. The van der Waals surface area contributed by atoms with Crippen molar-refractivity contribution in [2.45, 2.75) is 120 Å². The number of methoxy groups -OCH3 is 1. The summed E-state index contributed by atoms with van der Waals surface area (Å²) in [4.78, 5) is 63.8. The van der Waals surface area contributed by atoms with E-state index in [1.54, 1.807) is 38.3 Å². The van der Waals surface area contributed by atoms with Gasteiger partial charge in [-0.1, -0.05) is 26.0 Å². The maximum Gasteiger partial charge on any atom is 0.408 e. The molecular weight excluding hydrogens is 830 g/mol. The van der Waals surface area contributed by atoms with Crippen LogP contribution in [0.4, 0.5) is 9.18 Å². The summed E-state index contributed by atoms with van der Waals surface area (Å²) in [5.41, 5.74) is -0.441. The van der Waals surface area contributed by atoms with E-state index < -0.39 is 74.0 Å². The molecule has 14 nitrogen and oxygen atoms in total. The Morgan fingerprint density at radius 1 is 0.968 bits per heavy atom. The van der Waals surface area contributed by atoms with Gasteiger partial charge in [-0.3, -0.25) is 19.1 Å². The second-order valence-corrected chi connectivity index (χ2v) is 21.4. The summed E-state index contributed by atoms with van der Waals surface area (Å²) in [6, 6.07) is 10.9. The topological polar surface area (TPSA) is 182 Å². The quantitative estimate of drug-likeness (QED) is 0.210. The summed E-state index contributed by atoms with van der Waals surface area (Å²) in [6.07, 6.45) is 7.91. The Morgan fingerprint density at radius 2 is 1.71 bits per heavy atom. The maximum absolute atomic E-state index is 15.1. The van der Waals surface area contributed by atoms with Crippen LogP contribution in [0.15, 0.2) is 60.7 Å². The zero-order valence-corrected chi connectivity index (χ0v) is 36.9. The number of alkyl carbamates (subject to hydrolysis) is 1. The van der Waals surface area contributed by atoms with Gasteiger partial charge in [0.15, 0.2) is 0 Å². The molecule has 3 aromatic rings. The maximum atomic E-state index is 15.1. The molecule has 9 rings (SSSR count). The van der Waals surface area contributed by atoms with Gasteiger partial charge in [-0.05, 0) is 142 Å². The van der Waals surface area contributed by atoms with Crippen molar-refractivity contribution in [3.63, 3.8) is 0 Å². The molecule has 1 aromatic heterocycles.